The van der Waals surface area contributed by atoms with Crippen LogP contribution in [-0.2, 0) is 0 Å². The lowest BCUT2D eigenvalue weighted by Gasteiger charge is -1.99. The maximum Gasteiger partial charge on any atom is 0.223 e. The summed E-state index contributed by atoms with van der Waals surface area (Å²) in [6, 6.07) is 5.36. The number of benzene rings is 1. The molecule has 7 heteroatoms. The third-order valence-electron chi connectivity index (χ3n) is 1.39. The third kappa shape index (κ3) is 3.92. The van der Waals surface area contributed by atoms with Crippen molar-refractivity contribution in [3.05, 3.63) is 26.8 Å². The number of rotatable bonds is 1. The van der Waals surface area contributed by atoms with E-state index in [-0.39, 0.29) is 11.9 Å². The van der Waals surface area contributed by atoms with Gasteiger partial charge in [0.15, 0.2) is 5.96 Å². The maximum absolute atomic E-state index is 5.93. The second-order valence-corrected chi connectivity index (χ2v) is 4.26. The van der Waals surface area contributed by atoms with Crippen LogP contribution in [0.2, 0.25) is 5.02 Å². The molecule has 0 aromatic heterocycles. The lowest BCUT2D eigenvalue weighted by atomic mass is 10.3. The smallest absolute Gasteiger partial charge is 0.223 e. The number of nitrogens with two attached hydrogens (primary N) is 3. The molecule has 0 atom stereocenters. The van der Waals surface area contributed by atoms with E-state index in [4.69, 9.17) is 28.8 Å². The minimum atomic E-state index is -0.141. The van der Waals surface area contributed by atoms with Crippen LogP contribution in [0.15, 0.2) is 28.2 Å². The van der Waals surface area contributed by atoms with Gasteiger partial charge in [-0.05, 0) is 40.8 Å². The van der Waals surface area contributed by atoms with Gasteiger partial charge in [-0.15, -0.1) is 0 Å². The third-order valence-corrected chi connectivity index (χ3v) is 2.36. The zero-order valence-corrected chi connectivity index (χ0v) is 10.5. The molecule has 1 aromatic rings. The Morgan fingerprint density at radius 1 is 1.27 bits per heavy atom. The lowest BCUT2D eigenvalue weighted by molar-refractivity contribution is 1.38. The van der Waals surface area contributed by atoms with Gasteiger partial charge >= 0.3 is 0 Å². The molecule has 0 fully saturated rings. The second-order valence-electron chi connectivity index (χ2n) is 2.60. The Bertz CT molecular complexity index is 425. The molecule has 15 heavy (non-hydrogen) atoms. The average molecular weight is 338 g/mol. The first kappa shape index (κ1) is 12.1. The number of hydrogen-bond acceptors (Lipinski definition) is 1. The van der Waals surface area contributed by atoms with E-state index in [1.165, 1.54) is 0 Å². The Hall–Kier alpha value is -1.02. The van der Waals surface area contributed by atoms with Crippen molar-refractivity contribution in [2.24, 2.45) is 27.2 Å². The van der Waals surface area contributed by atoms with Gasteiger partial charge in [0.05, 0.1) is 10.7 Å². The number of guanidine groups is 2. The largest absolute Gasteiger partial charge is 0.370 e. The van der Waals surface area contributed by atoms with Crippen LogP contribution < -0.4 is 17.2 Å². The van der Waals surface area contributed by atoms with E-state index in [0.717, 1.165) is 3.57 Å². The van der Waals surface area contributed by atoms with Crippen LogP contribution in [-0.4, -0.2) is 11.9 Å². The van der Waals surface area contributed by atoms with Crippen molar-refractivity contribution in [1.29, 1.82) is 0 Å². The van der Waals surface area contributed by atoms with Crippen LogP contribution in [0.3, 0.4) is 0 Å². The Morgan fingerprint density at radius 3 is 2.47 bits per heavy atom. The van der Waals surface area contributed by atoms with Gasteiger partial charge in [0.2, 0.25) is 5.96 Å². The van der Waals surface area contributed by atoms with Gasteiger partial charge in [0.1, 0.15) is 0 Å². The predicted octanol–water partition coefficient (Wildman–Crippen LogP) is 1.16. The summed E-state index contributed by atoms with van der Waals surface area (Å²) in [6.45, 7) is 0. The molecule has 1 rings (SSSR count). The quantitative estimate of drug-likeness (QED) is 0.407. The number of aliphatic imine (C=N–C) groups is 2. The van der Waals surface area contributed by atoms with E-state index in [9.17, 15) is 0 Å². The van der Waals surface area contributed by atoms with Gasteiger partial charge in [-0.3, -0.25) is 0 Å². The molecule has 0 spiro atoms. The van der Waals surface area contributed by atoms with E-state index in [1.54, 1.807) is 12.1 Å². The Morgan fingerprint density at radius 2 is 1.93 bits per heavy atom. The standard InChI is InChI=1S/C8H9ClIN5/c9-5-3-4(10)1-2-6(5)14-8(13)15-7(11)12/h1-3H,(H6,11,12,13,14,15). The first-order valence-corrected chi connectivity index (χ1v) is 5.33. The number of halogens is 2. The van der Waals surface area contributed by atoms with E-state index >= 15 is 0 Å². The summed E-state index contributed by atoms with van der Waals surface area (Å²) in [4.78, 5) is 7.53. The van der Waals surface area contributed by atoms with E-state index in [1.807, 2.05) is 6.07 Å². The van der Waals surface area contributed by atoms with Gasteiger partial charge in [-0.25, -0.2) is 4.99 Å². The highest BCUT2D eigenvalue weighted by atomic mass is 127. The highest BCUT2D eigenvalue weighted by Crippen LogP contribution is 2.26. The molecule has 6 N–H and O–H groups in total. The van der Waals surface area contributed by atoms with E-state index < -0.39 is 0 Å². The summed E-state index contributed by atoms with van der Waals surface area (Å²) in [7, 11) is 0. The minimum absolute atomic E-state index is 0.0295. The average Bonchev–Trinajstić information content (AvgIpc) is 2.08. The lowest BCUT2D eigenvalue weighted by Crippen LogP contribution is -2.26. The highest BCUT2D eigenvalue weighted by molar-refractivity contribution is 14.1. The number of hydrogen-bond donors (Lipinski definition) is 3. The fraction of sp³-hybridized carbons (Fsp3) is 0. The van der Waals surface area contributed by atoms with Crippen LogP contribution >= 0.6 is 34.2 Å². The normalized spacial score (nSPS) is 11.2. The van der Waals surface area contributed by atoms with Gasteiger partial charge < -0.3 is 17.2 Å². The Kier molecular flexibility index (Phi) is 4.15. The van der Waals surface area contributed by atoms with Crippen LogP contribution in [0.4, 0.5) is 5.69 Å². The van der Waals surface area contributed by atoms with Crippen molar-refractivity contribution in [2.45, 2.75) is 0 Å². The predicted molar refractivity (Wildman–Crippen MR) is 71.3 cm³/mol. The van der Waals surface area contributed by atoms with Crippen LogP contribution in [0, 0.1) is 3.57 Å². The van der Waals surface area contributed by atoms with Crippen molar-refractivity contribution in [3.63, 3.8) is 0 Å². The molecule has 0 aliphatic carbocycles. The second kappa shape index (κ2) is 5.17. The van der Waals surface area contributed by atoms with Crippen molar-refractivity contribution < 1.29 is 0 Å². The van der Waals surface area contributed by atoms with Crippen LogP contribution in [0.5, 0.6) is 0 Å². The molecule has 0 unspecified atom stereocenters. The van der Waals surface area contributed by atoms with Crippen molar-refractivity contribution >= 4 is 51.8 Å². The summed E-state index contributed by atoms with van der Waals surface area (Å²) in [6.07, 6.45) is 0. The van der Waals surface area contributed by atoms with Crippen LogP contribution in [0.1, 0.15) is 0 Å². The Labute approximate surface area is 106 Å². The SMILES string of the molecule is NC(N)=NC(N)=Nc1ccc(I)cc1Cl. The molecule has 1 aromatic carbocycles. The van der Waals surface area contributed by atoms with Crippen molar-refractivity contribution in [3.8, 4) is 0 Å². The Balaban J connectivity index is 3.03. The topological polar surface area (TPSA) is 103 Å². The van der Waals surface area contributed by atoms with Crippen LogP contribution in [0.25, 0.3) is 0 Å². The molecular formula is C8H9ClIN5. The van der Waals surface area contributed by atoms with Crippen molar-refractivity contribution in [1.82, 2.24) is 0 Å². The molecule has 0 aliphatic rings. The summed E-state index contributed by atoms with van der Waals surface area (Å²) in [5, 5.41) is 0.496. The molecule has 0 radical (unpaired) electrons. The first-order chi connectivity index (χ1) is 6.99. The monoisotopic (exact) mass is 337 g/mol. The van der Waals surface area contributed by atoms with Gasteiger partial charge in [0, 0.05) is 3.57 Å². The fourth-order valence-electron chi connectivity index (χ4n) is 0.853. The van der Waals surface area contributed by atoms with E-state index in [0.29, 0.717) is 10.7 Å². The van der Waals surface area contributed by atoms with Gasteiger partial charge in [-0.1, -0.05) is 11.6 Å². The summed E-state index contributed by atoms with van der Waals surface area (Å²) >= 11 is 8.08. The molecule has 0 saturated heterocycles. The fourth-order valence-corrected chi connectivity index (χ4v) is 1.75. The highest BCUT2D eigenvalue weighted by Gasteiger charge is 2.00. The van der Waals surface area contributed by atoms with Gasteiger partial charge in [-0.2, -0.15) is 4.99 Å². The van der Waals surface area contributed by atoms with Gasteiger partial charge in [0.25, 0.3) is 0 Å². The minimum Gasteiger partial charge on any atom is -0.370 e. The molecule has 0 amide bonds. The zero-order valence-electron chi connectivity index (χ0n) is 7.61. The maximum atomic E-state index is 5.93. The first-order valence-electron chi connectivity index (χ1n) is 3.88. The number of nitrogens with zero attached hydrogens (tertiary/aromatic N) is 2. The molecule has 0 aliphatic heterocycles. The molecule has 0 saturated carbocycles. The molecule has 0 heterocycles. The van der Waals surface area contributed by atoms with Crippen molar-refractivity contribution in [2.75, 3.05) is 0 Å². The summed E-state index contributed by atoms with van der Waals surface area (Å²) in [5.41, 5.74) is 16.3. The summed E-state index contributed by atoms with van der Waals surface area (Å²) in [5.74, 6) is -0.170. The molecular weight excluding hydrogens is 328 g/mol. The molecule has 5 nitrogen and oxygen atoms in total. The molecule has 0 bridgehead atoms. The van der Waals surface area contributed by atoms with E-state index in [2.05, 4.69) is 32.6 Å². The molecule has 80 valence electrons. The summed E-state index contributed by atoms with van der Waals surface area (Å²) < 4.78 is 1.01. The zero-order chi connectivity index (χ0) is 11.4.